The van der Waals surface area contributed by atoms with Crippen LogP contribution in [0.4, 0.5) is 0 Å². The largest absolute Gasteiger partial charge is 0.361 e. The van der Waals surface area contributed by atoms with Gasteiger partial charge in [0, 0.05) is 6.07 Å². The molecule has 0 radical (unpaired) electrons. The SMILES string of the molecule is Cc1cc(C)cc(-n2ncc3c(=O)n(Cc4cc(C)on4)cnc32)c1. The summed E-state index contributed by atoms with van der Waals surface area (Å²) in [4.78, 5) is 17.2. The van der Waals surface area contributed by atoms with Gasteiger partial charge in [0.05, 0.1) is 18.4 Å². The fraction of sp³-hybridized carbons (Fsp3) is 0.222. The maximum atomic E-state index is 12.7. The summed E-state index contributed by atoms with van der Waals surface area (Å²) in [6, 6.07) is 7.93. The van der Waals surface area contributed by atoms with Crippen LogP contribution in [0.1, 0.15) is 22.6 Å². The minimum absolute atomic E-state index is 0.152. The summed E-state index contributed by atoms with van der Waals surface area (Å²) < 4.78 is 8.25. The van der Waals surface area contributed by atoms with Crippen molar-refractivity contribution in [3.05, 3.63) is 69.7 Å². The van der Waals surface area contributed by atoms with Crippen LogP contribution in [-0.4, -0.2) is 24.5 Å². The third-order valence-electron chi connectivity index (χ3n) is 4.01. The molecule has 0 spiro atoms. The van der Waals surface area contributed by atoms with Gasteiger partial charge in [-0.1, -0.05) is 11.2 Å². The molecule has 7 nitrogen and oxygen atoms in total. The fourth-order valence-corrected chi connectivity index (χ4v) is 2.99. The molecule has 3 heterocycles. The van der Waals surface area contributed by atoms with Crippen LogP contribution in [0.5, 0.6) is 0 Å². The molecule has 0 unspecified atom stereocenters. The number of benzene rings is 1. The van der Waals surface area contributed by atoms with Crippen molar-refractivity contribution in [2.24, 2.45) is 0 Å². The third kappa shape index (κ3) is 2.73. The van der Waals surface area contributed by atoms with Crippen LogP contribution in [0.15, 0.2) is 46.1 Å². The summed E-state index contributed by atoms with van der Waals surface area (Å²) >= 11 is 0. The molecule has 0 N–H and O–H groups in total. The number of hydrogen-bond acceptors (Lipinski definition) is 5. The minimum atomic E-state index is -0.152. The standard InChI is InChI=1S/C18H17N5O2/c1-11-4-12(2)6-15(5-11)23-17-16(8-20-23)18(24)22(10-19-17)9-14-7-13(3)25-21-14/h4-8,10H,9H2,1-3H3. The Balaban J connectivity index is 1.80. The van der Waals surface area contributed by atoms with E-state index in [2.05, 4.69) is 21.3 Å². The van der Waals surface area contributed by atoms with E-state index < -0.39 is 0 Å². The van der Waals surface area contributed by atoms with E-state index in [0.717, 1.165) is 16.8 Å². The second-order valence-corrected chi connectivity index (χ2v) is 6.25. The van der Waals surface area contributed by atoms with Crippen LogP contribution >= 0.6 is 0 Å². The van der Waals surface area contributed by atoms with Crippen molar-refractivity contribution in [3.63, 3.8) is 0 Å². The molecule has 1 aromatic carbocycles. The number of fused-ring (bicyclic) bond motifs is 1. The molecule has 0 aliphatic heterocycles. The maximum absolute atomic E-state index is 12.7. The highest BCUT2D eigenvalue weighted by molar-refractivity contribution is 5.75. The van der Waals surface area contributed by atoms with Gasteiger partial charge in [0.25, 0.3) is 5.56 Å². The van der Waals surface area contributed by atoms with Crippen LogP contribution in [0, 0.1) is 20.8 Å². The quantitative estimate of drug-likeness (QED) is 0.575. The highest BCUT2D eigenvalue weighted by Crippen LogP contribution is 2.17. The number of rotatable bonds is 3. The van der Waals surface area contributed by atoms with E-state index in [0.29, 0.717) is 29.0 Å². The van der Waals surface area contributed by atoms with E-state index in [1.807, 2.05) is 32.9 Å². The molecule has 0 aliphatic carbocycles. The van der Waals surface area contributed by atoms with E-state index >= 15 is 0 Å². The molecule has 7 heteroatoms. The predicted octanol–water partition coefficient (Wildman–Crippen LogP) is 2.54. The number of aryl methyl sites for hydroxylation is 3. The first kappa shape index (κ1) is 15.3. The minimum Gasteiger partial charge on any atom is -0.361 e. The molecular weight excluding hydrogens is 318 g/mol. The highest BCUT2D eigenvalue weighted by atomic mass is 16.5. The molecule has 4 rings (SSSR count). The highest BCUT2D eigenvalue weighted by Gasteiger charge is 2.13. The van der Waals surface area contributed by atoms with Crippen molar-refractivity contribution in [3.8, 4) is 5.69 Å². The summed E-state index contributed by atoms with van der Waals surface area (Å²) in [5, 5.41) is 8.76. The first-order valence-corrected chi connectivity index (χ1v) is 7.95. The Kier molecular flexibility index (Phi) is 3.49. The van der Waals surface area contributed by atoms with Gasteiger partial charge in [0.1, 0.15) is 23.2 Å². The lowest BCUT2D eigenvalue weighted by Crippen LogP contribution is -2.21. The van der Waals surface area contributed by atoms with Gasteiger partial charge in [-0.05, 0) is 44.0 Å². The summed E-state index contributed by atoms with van der Waals surface area (Å²) in [6.45, 7) is 6.19. The molecule has 0 amide bonds. The molecule has 0 atom stereocenters. The molecule has 4 aromatic rings. The van der Waals surface area contributed by atoms with Crippen LogP contribution in [0.2, 0.25) is 0 Å². The van der Waals surface area contributed by atoms with E-state index in [1.165, 1.54) is 10.9 Å². The molecule has 3 aromatic heterocycles. The lowest BCUT2D eigenvalue weighted by atomic mass is 10.1. The maximum Gasteiger partial charge on any atom is 0.264 e. The third-order valence-corrected chi connectivity index (χ3v) is 4.01. The Labute approximate surface area is 143 Å². The predicted molar refractivity (Wildman–Crippen MR) is 92.9 cm³/mol. The summed E-state index contributed by atoms with van der Waals surface area (Å²) in [7, 11) is 0. The van der Waals surface area contributed by atoms with Crippen LogP contribution < -0.4 is 5.56 Å². The Morgan fingerprint density at radius 2 is 1.84 bits per heavy atom. The molecule has 0 saturated heterocycles. The van der Waals surface area contributed by atoms with Gasteiger partial charge in [0.2, 0.25) is 0 Å². The van der Waals surface area contributed by atoms with Crippen LogP contribution in [0.3, 0.4) is 0 Å². The van der Waals surface area contributed by atoms with Gasteiger partial charge in [-0.25, -0.2) is 9.67 Å². The molecule has 126 valence electrons. The lowest BCUT2D eigenvalue weighted by molar-refractivity contribution is 0.388. The zero-order valence-corrected chi connectivity index (χ0v) is 14.2. The number of nitrogens with zero attached hydrogens (tertiary/aromatic N) is 5. The van der Waals surface area contributed by atoms with Crippen LogP contribution in [-0.2, 0) is 6.54 Å². The molecular formula is C18H17N5O2. The molecule has 0 bridgehead atoms. The molecule has 0 saturated carbocycles. The topological polar surface area (TPSA) is 78.7 Å². The van der Waals surface area contributed by atoms with Crippen LogP contribution in [0.25, 0.3) is 16.7 Å². The van der Waals surface area contributed by atoms with Gasteiger partial charge in [-0.2, -0.15) is 5.10 Å². The van der Waals surface area contributed by atoms with E-state index in [9.17, 15) is 4.79 Å². The normalized spacial score (nSPS) is 11.3. The van der Waals surface area contributed by atoms with Gasteiger partial charge in [-0.15, -0.1) is 0 Å². The Bertz CT molecular complexity index is 1120. The second-order valence-electron chi connectivity index (χ2n) is 6.25. The van der Waals surface area contributed by atoms with E-state index in [-0.39, 0.29) is 5.56 Å². The van der Waals surface area contributed by atoms with Crippen molar-refractivity contribution in [2.45, 2.75) is 27.3 Å². The van der Waals surface area contributed by atoms with Crippen molar-refractivity contribution >= 4 is 11.0 Å². The Morgan fingerprint density at radius 1 is 1.08 bits per heavy atom. The van der Waals surface area contributed by atoms with Gasteiger partial charge in [-0.3, -0.25) is 9.36 Å². The van der Waals surface area contributed by atoms with Crippen molar-refractivity contribution in [1.29, 1.82) is 0 Å². The van der Waals surface area contributed by atoms with E-state index in [4.69, 9.17) is 4.52 Å². The number of aromatic nitrogens is 5. The zero-order chi connectivity index (χ0) is 17.6. The Morgan fingerprint density at radius 3 is 2.52 bits per heavy atom. The smallest absolute Gasteiger partial charge is 0.264 e. The molecule has 0 aliphatic rings. The van der Waals surface area contributed by atoms with Gasteiger partial charge >= 0.3 is 0 Å². The fourth-order valence-electron chi connectivity index (χ4n) is 2.99. The molecule has 25 heavy (non-hydrogen) atoms. The summed E-state index contributed by atoms with van der Waals surface area (Å²) in [5.74, 6) is 0.708. The van der Waals surface area contributed by atoms with Crippen molar-refractivity contribution in [1.82, 2.24) is 24.5 Å². The van der Waals surface area contributed by atoms with E-state index in [1.54, 1.807) is 16.9 Å². The van der Waals surface area contributed by atoms with Crippen molar-refractivity contribution < 1.29 is 4.52 Å². The second kappa shape index (κ2) is 5.70. The first-order valence-electron chi connectivity index (χ1n) is 7.95. The average Bonchev–Trinajstić information content (AvgIpc) is 3.16. The lowest BCUT2D eigenvalue weighted by Gasteiger charge is -2.07. The van der Waals surface area contributed by atoms with Gasteiger partial charge in [0.15, 0.2) is 5.65 Å². The summed E-state index contributed by atoms with van der Waals surface area (Å²) in [6.07, 6.45) is 3.09. The molecule has 0 fully saturated rings. The first-order chi connectivity index (χ1) is 12.0. The number of hydrogen-bond donors (Lipinski definition) is 0. The van der Waals surface area contributed by atoms with Crippen molar-refractivity contribution in [2.75, 3.05) is 0 Å². The zero-order valence-electron chi connectivity index (χ0n) is 14.2. The van der Waals surface area contributed by atoms with Gasteiger partial charge < -0.3 is 4.52 Å². The Hall–Kier alpha value is -3.22. The average molecular weight is 335 g/mol. The summed E-state index contributed by atoms with van der Waals surface area (Å²) in [5.41, 5.74) is 4.23. The monoisotopic (exact) mass is 335 g/mol.